The van der Waals surface area contributed by atoms with E-state index in [2.05, 4.69) is 0 Å². The Hall–Kier alpha value is -2.28. The third-order valence-corrected chi connectivity index (χ3v) is 5.31. The van der Waals surface area contributed by atoms with Crippen molar-refractivity contribution in [3.63, 3.8) is 0 Å². The molecule has 2 amide bonds. The molecule has 1 unspecified atom stereocenters. The fourth-order valence-electron chi connectivity index (χ4n) is 3.75. The van der Waals surface area contributed by atoms with Gasteiger partial charge in [0.25, 0.3) is 5.91 Å². The van der Waals surface area contributed by atoms with Gasteiger partial charge in [-0.25, -0.2) is 4.39 Å². The summed E-state index contributed by atoms with van der Waals surface area (Å²) in [6.45, 7) is 2.94. The Morgan fingerprint density at radius 1 is 1.22 bits per heavy atom. The highest BCUT2D eigenvalue weighted by Crippen LogP contribution is 2.33. The maximum atomic E-state index is 13.6. The van der Waals surface area contributed by atoms with E-state index >= 15 is 0 Å². The molecule has 6 nitrogen and oxygen atoms in total. The molecule has 2 fully saturated rings. The first-order chi connectivity index (χ1) is 12.9. The molecule has 1 aromatic carbocycles. The topological polar surface area (TPSA) is 66.9 Å². The Morgan fingerprint density at radius 2 is 2.04 bits per heavy atom. The summed E-state index contributed by atoms with van der Waals surface area (Å²) in [6.07, 6.45) is 2.59. The van der Waals surface area contributed by atoms with Gasteiger partial charge in [0, 0.05) is 31.6 Å². The third-order valence-electron chi connectivity index (χ3n) is 5.31. The Balaban J connectivity index is 1.68. The van der Waals surface area contributed by atoms with Gasteiger partial charge in [0.15, 0.2) is 0 Å². The van der Waals surface area contributed by atoms with Gasteiger partial charge in [-0.05, 0) is 44.4 Å². The predicted molar refractivity (Wildman–Crippen MR) is 97.8 cm³/mol. The number of ketones is 1. The standard InChI is InChI=1S/C20H25FN2O4/c1-15(24)6-7-18(25)22-10-3-8-20(9-11-22)14-23(19(26)13-27-20)17-5-2-4-16(21)12-17/h2,4-5,12H,3,6-11,13-14H2,1H3. The van der Waals surface area contributed by atoms with Crippen molar-refractivity contribution in [3.05, 3.63) is 30.1 Å². The normalized spacial score (nSPS) is 23.4. The number of Topliss-reactive ketones (excluding diaryl/α,β-unsaturated/α-hetero) is 1. The Bertz CT molecular complexity index is 738. The Kier molecular flexibility index (Phi) is 5.89. The highest BCUT2D eigenvalue weighted by molar-refractivity contribution is 5.95. The van der Waals surface area contributed by atoms with Gasteiger partial charge in [-0.1, -0.05) is 6.07 Å². The van der Waals surface area contributed by atoms with Gasteiger partial charge in [0.2, 0.25) is 5.91 Å². The number of nitrogens with zero attached hydrogens (tertiary/aromatic N) is 2. The molecule has 0 N–H and O–H groups in total. The number of rotatable bonds is 4. The van der Waals surface area contributed by atoms with Crippen LogP contribution in [0.5, 0.6) is 0 Å². The minimum Gasteiger partial charge on any atom is -0.363 e. The minimum atomic E-state index is -0.532. The van der Waals surface area contributed by atoms with E-state index in [1.165, 1.54) is 19.1 Å². The smallest absolute Gasteiger partial charge is 0.253 e. The van der Waals surface area contributed by atoms with Gasteiger partial charge >= 0.3 is 0 Å². The number of halogens is 1. The zero-order valence-electron chi connectivity index (χ0n) is 15.6. The van der Waals surface area contributed by atoms with E-state index in [9.17, 15) is 18.8 Å². The molecule has 2 aliphatic rings. The van der Waals surface area contributed by atoms with Crippen molar-refractivity contribution in [2.75, 3.05) is 31.1 Å². The van der Waals surface area contributed by atoms with Crippen LogP contribution in [0.4, 0.5) is 10.1 Å². The van der Waals surface area contributed by atoms with Crippen LogP contribution in [-0.2, 0) is 19.1 Å². The maximum absolute atomic E-state index is 13.6. The Labute approximate surface area is 158 Å². The summed E-state index contributed by atoms with van der Waals surface area (Å²) in [5, 5.41) is 0. The van der Waals surface area contributed by atoms with Crippen molar-refractivity contribution in [1.82, 2.24) is 4.90 Å². The van der Waals surface area contributed by atoms with Crippen molar-refractivity contribution < 1.29 is 23.5 Å². The first-order valence-electron chi connectivity index (χ1n) is 9.36. The fourth-order valence-corrected chi connectivity index (χ4v) is 3.75. The van der Waals surface area contributed by atoms with Gasteiger partial charge in [-0.15, -0.1) is 0 Å². The summed E-state index contributed by atoms with van der Waals surface area (Å²) in [4.78, 5) is 39.1. The zero-order chi connectivity index (χ0) is 19.4. The van der Waals surface area contributed by atoms with E-state index in [-0.39, 0.29) is 42.9 Å². The van der Waals surface area contributed by atoms with Crippen LogP contribution < -0.4 is 4.90 Å². The lowest BCUT2D eigenvalue weighted by Crippen LogP contribution is -2.55. The maximum Gasteiger partial charge on any atom is 0.253 e. The highest BCUT2D eigenvalue weighted by atomic mass is 19.1. The predicted octanol–water partition coefficient (Wildman–Crippen LogP) is 2.31. The molecular formula is C20H25FN2O4. The molecule has 146 valence electrons. The number of ether oxygens (including phenoxy) is 1. The van der Waals surface area contributed by atoms with Crippen molar-refractivity contribution in [2.24, 2.45) is 0 Å². The molecule has 1 aromatic rings. The molecule has 2 heterocycles. The van der Waals surface area contributed by atoms with E-state index in [4.69, 9.17) is 4.74 Å². The lowest BCUT2D eigenvalue weighted by molar-refractivity contribution is -0.141. The molecule has 0 saturated carbocycles. The number of hydrogen-bond acceptors (Lipinski definition) is 4. The van der Waals surface area contributed by atoms with Gasteiger partial charge in [-0.3, -0.25) is 9.59 Å². The summed E-state index contributed by atoms with van der Waals surface area (Å²) in [6, 6.07) is 6.00. The summed E-state index contributed by atoms with van der Waals surface area (Å²) >= 11 is 0. The zero-order valence-corrected chi connectivity index (χ0v) is 15.6. The average molecular weight is 376 g/mol. The van der Waals surface area contributed by atoms with Crippen LogP contribution in [0.3, 0.4) is 0 Å². The average Bonchev–Trinajstić information content (AvgIpc) is 2.85. The molecule has 0 aliphatic carbocycles. The largest absolute Gasteiger partial charge is 0.363 e. The second kappa shape index (κ2) is 8.17. The third kappa shape index (κ3) is 4.71. The van der Waals surface area contributed by atoms with Crippen molar-refractivity contribution in [1.29, 1.82) is 0 Å². The lowest BCUT2D eigenvalue weighted by atomic mass is 9.92. The van der Waals surface area contributed by atoms with Gasteiger partial charge < -0.3 is 19.3 Å². The molecule has 0 radical (unpaired) electrons. The molecule has 27 heavy (non-hydrogen) atoms. The van der Waals surface area contributed by atoms with Crippen molar-refractivity contribution >= 4 is 23.3 Å². The SMILES string of the molecule is CC(=O)CCC(=O)N1CCCC2(CC1)CN(c1cccc(F)c1)C(=O)CO2. The first kappa shape index (κ1) is 19.5. The van der Waals surface area contributed by atoms with Crippen molar-refractivity contribution in [2.45, 2.75) is 44.6 Å². The Morgan fingerprint density at radius 3 is 2.78 bits per heavy atom. The molecular weight excluding hydrogens is 351 g/mol. The second-order valence-electron chi connectivity index (χ2n) is 7.37. The number of hydrogen-bond donors (Lipinski definition) is 0. The van der Waals surface area contributed by atoms with Gasteiger partial charge in [-0.2, -0.15) is 0 Å². The van der Waals surface area contributed by atoms with E-state index in [1.54, 1.807) is 21.9 Å². The van der Waals surface area contributed by atoms with Crippen molar-refractivity contribution in [3.8, 4) is 0 Å². The molecule has 0 aromatic heterocycles. The fraction of sp³-hybridized carbons (Fsp3) is 0.550. The number of carbonyl (C=O) groups excluding carboxylic acids is 3. The second-order valence-corrected chi connectivity index (χ2v) is 7.37. The van der Waals surface area contributed by atoms with E-state index in [0.717, 1.165) is 12.8 Å². The number of carbonyl (C=O) groups is 3. The van der Waals surface area contributed by atoms with Crippen LogP contribution in [0.2, 0.25) is 0 Å². The molecule has 3 rings (SSSR count). The first-order valence-corrected chi connectivity index (χ1v) is 9.36. The summed E-state index contributed by atoms with van der Waals surface area (Å²) in [7, 11) is 0. The summed E-state index contributed by atoms with van der Waals surface area (Å²) < 4.78 is 19.5. The highest BCUT2D eigenvalue weighted by Gasteiger charge is 2.41. The molecule has 7 heteroatoms. The van der Waals surface area contributed by atoms with Gasteiger partial charge in [0.05, 0.1) is 12.1 Å². The number of benzene rings is 1. The molecule has 1 spiro atoms. The number of morpholine rings is 1. The minimum absolute atomic E-state index is 0.00880. The quantitative estimate of drug-likeness (QED) is 0.809. The van der Waals surface area contributed by atoms with Crippen LogP contribution >= 0.6 is 0 Å². The van der Waals surface area contributed by atoms with E-state index in [0.29, 0.717) is 31.7 Å². The molecule has 1 atom stereocenters. The molecule has 0 bridgehead atoms. The van der Waals surface area contributed by atoms with Crippen LogP contribution in [0.25, 0.3) is 0 Å². The summed E-state index contributed by atoms with van der Waals surface area (Å²) in [5.41, 5.74) is -0.00292. The summed E-state index contributed by atoms with van der Waals surface area (Å²) in [5.74, 6) is -0.584. The van der Waals surface area contributed by atoms with E-state index in [1.807, 2.05) is 0 Å². The molecule has 2 saturated heterocycles. The monoisotopic (exact) mass is 376 g/mol. The van der Waals surface area contributed by atoms with Crippen LogP contribution in [-0.4, -0.2) is 54.3 Å². The number of anilines is 1. The van der Waals surface area contributed by atoms with Crippen LogP contribution in [0.1, 0.15) is 39.0 Å². The van der Waals surface area contributed by atoms with E-state index < -0.39 is 5.60 Å². The number of amides is 2. The lowest BCUT2D eigenvalue weighted by Gasteiger charge is -2.42. The van der Waals surface area contributed by atoms with Gasteiger partial charge in [0.1, 0.15) is 18.2 Å². The van der Waals surface area contributed by atoms with Crippen LogP contribution in [0.15, 0.2) is 24.3 Å². The molecule has 2 aliphatic heterocycles. The number of likely N-dealkylation sites (tertiary alicyclic amines) is 1. The van der Waals surface area contributed by atoms with Crippen LogP contribution in [0, 0.1) is 5.82 Å².